The highest BCUT2D eigenvalue weighted by Gasteiger charge is 2.33. The van der Waals surface area contributed by atoms with Gasteiger partial charge in [-0.1, -0.05) is 13.8 Å². The van der Waals surface area contributed by atoms with Crippen molar-refractivity contribution in [1.29, 1.82) is 0 Å². The molecule has 0 amide bonds. The molecule has 0 spiro atoms. The SMILES string of the molecule is CC(C)C1OCCCN1C(C)(C)C. The van der Waals surface area contributed by atoms with Crippen LogP contribution in [0.5, 0.6) is 0 Å². The Labute approximate surface area is 82.3 Å². The molecule has 0 aromatic rings. The third-order valence-corrected chi connectivity index (χ3v) is 2.57. The van der Waals surface area contributed by atoms with E-state index in [9.17, 15) is 0 Å². The summed E-state index contributed by atoms with van der Waals surface area (Å²) in [5, 5.41) is 0. The zero-order chi connectivity index (χ0) is 10.1. The number of nitrogens with zero attached hydrogens (tertiary/aromatic N) is 1. The maximum Gasteiger partial charge on any atom is 0.113 e. The number of hydrogen-bond donors (Lipinski definition) is 0. The summed E-state index contributed by atoms with van der Waals surface area (Å²) in [6.45, 7) is 13.3. The van der Waals surface area contributed by atoms with E-state index in [0.29, 0.717) is 12.1 Å². The van der Waals surface area contributed by atoms with E-state index in [0.717, 1.165) is 6.61 Å². The third-order valence-electron chi connectivity index (χ3n) is 2.57. The lowest BCUT2D eigenvalue weighted by atomic mass is 10.0. The minimum absolute atomic E-state index is 0.232. The molecule has 1 heterocycles. The third kappa shape index (κ3) is 2.68. The predicted octanol–water partition coefficient (Wildman–Crippen LogP) is 2.49. The fourth-order valence-corrected chi connectivity index (χ4v) is 1.93. The van der Waals surface area contributed by atoms with Gasteiger partial charge in [0.25, 0.3) is 0 Å². The molecule has 2 nitrogen and oxygen atoms in total. The zero-order valence-electron chi connectivity index (χ0n) is 9.63. The molecule has 0 saturated carbocycles. The molecule has 0 bridgehead atoms. The number of rotatable bonds is 1. The Kier molecular flexibility index (Phi) is 3.36. The Morgan fingerprint density at radius 2 is 1.92 bits per heavy atom. The molecular formula is C11H23NO. The van der Waals surface area contributed by atoms with E-state index in [4.69, 9.17) is 4.74 Å². The Hall–Kier alpha value is -0.0800. The Morgan fingerprint density at radius 1 is 1.31 bits per heavy atom. The van der Waals surface area contributed by atoms with E-state index < -0.39 is 0 Å². The van der Waals surface area contributed by atoms with Gasteiger partial charge in [-0.25, -0.2) is 0 Å². The molecule has 1 rings (SSSR count). The zero-order valence-corrected chi connectivity index (χ0v) is 9.63. The molecule has 1 saturated heterocycles. The first-order chi connectivity index (χ1) is 5.93. The van der Waals surface area contributed by atoms with Crippen LogP contribution in [0.15, 0.2) is 0 Å². The van der Waals surface area contributed by atoms with Gasteiger partial charge in [-0.05, 0) is 33.1 Å². The van der Waals surface area contributed by atoms with E-state index in [-0.39, 0.29) is 5.54 Å². The Bertz CT molecular complexity index is 160. The van der Waals surface area contributed by atoms with E-state index in [1.165, 1.54) is 13.0 Å². The molecule has 0 aromatic heterocycles. The summed E-state index contributed by atoms with van der Waals surface area (Å²) >= 11 is 0. The average molecular weight is 185 g/mol. The Morgan fingerprint density at radius 3 is 2.31 bits per heavy atom. The molecule has 0 radical (unpaired) electrons. The second-order valence-corrected chi connectivity index (χ2v) is 5.22. The number of ether oxygens (including phenoxy) is 1. The van der Waals surface area contributed by atoms with Gasteiger partial charge in [-0.15, -0.1) is 0 Å². The highest BCUT2D eigenvalue weighted by Crippen LogP contribution is 2.25. The van der Waals surface area contributed by atoms with Crippen molar-refractivity contribution in [2.75, 3.05) is 13.2 Å². The van der Waals surface area contributed by atoms with Gasteiger partial charge in [0, 0.05) is 18.7 Å². The fraction of sp³-hybridized carbons (Fsp3) is 1.00. The van der Waals surface area contributed by atoms with Crippen LogP contribution in [-0.4, -0.2) is 29.8 Å². The summed E-state index contributed by atoms with van der Waals surface area (Å²) < 4.78 is 5.80. The van der Waals surface area contributed by atoms with E-state index in [2.05, 4.69) is 39.5 Å². The van der Waals surface area contributed by atoms with E-state index in [1.54, 1.807) is 0 Å². The number of hydrogen-bond acceptors (Lipinski definition) is 2. The van der Waals surface area contributed by atoms with Gasteiger partial charge in [0.05, 0.1) is 0 Å². The summed E-state index contributed by atoms with van der Waals surface area (Å²) in [6, 6.07) is 0. The van der Waals surface area contributed by atoms with E-state index in [1.807, 2.05) is 0 Å². The smallest absolute Gasteiger partial charge is 0.113 e. The summed E-state index contributed by atoms with van der Waals surface area (Å²) in [7, 11) is 0. The van der Waals surface area contributed by atoms with Crippen LogP contribution in [0.25, 0.3) is 0 Å². The molecule has 1 unspecified atom stereocenters. The van der Waals surface area contributed by atoms with Crippen LogP contribution in [-0.2, 0) is 4.74 Å². The van der Waals surface area contributed by atoms with Crippen LogP contribution >= 0.6 is 0 Å². The molecule has 1 atom stereocenters. The summed E-state index contributed by atoms with van der Waals surface area (Å²) in [5.74, 6) is 0.583. The van der Waals surface area contributed by atoms with E-state index >= 15 is 0 Å². The normalized spacial score (nSPS) is 26.8. The van der Waals surface area contributed by atoms with Gasteiger partial charge < -0.3 is 4.74 Å². The quantitative estimate of drug-likeness (QED) is 0.622. The van der Waals surface area contributed by atoms with Gasteiger partial charge in [0.15, 0.2) is 0 Å². The maximum atomic E-state index is 5.80. The minimum atomic E-state index is 0.232. The van der Waals surface area contributed by atoms with Crippen LogP contribution in [0.2, 0.25) is 0 Å². The topological polar surface area (TPSA) is 12.5 Å². The Balaban J connectivity index is 2.67. The fourth-order valence-electron chi connectivity index (χ4n) is 1.93. The predicted molar refractivity (Wildman–Crippen MR) is 55.7 cm³/mol. The molecular weight excluding hydrogens is 162 g/mol. The monoisotopic (exact) mass is 185 g/mol. The van der Waals surface area contributed by atoms with Crippen molar-refractivity contribution in [3.05, 3.63) is 0 Å². The van der Waals surface area contributed by atoms with Crippen molar-refractivity contribution in [1.82, 2.24) is 4.90 Å². The summed E-state index contributed by atoms with van der Waals surface area (Å²) in [5.41, 5.74) is 0.232. The second-order valence-electron chi connectivity index (χ2n) is 5.22. The largest absolute Gasteiger partial charge is 0.363 e. The molecule has 1 aliphatic rings. The molecule has 0 aliphatic carbocycles. The standard InChI is InChI=1S/C11H23NO/c1-9(2)10-12(11(3,4)5)7-6-8-13-10/h9-10H,6-8H2,1-5H3. The minimum Gasteiger partial charge on any atom is -0.363 e. The first kappa shape index (κ1) is 11.0. The summed E-state index contributed by atoms with van der Waals surface area (Å²) in [6.07, 6.45) is 1.48. The second kappa shape index (κ2) is 3.97. The van der Waals surface area contributed by atoms with Crippen LogP contribution < -0.4 is 0 Å². The van der Waals surface area contributed by atoms with Gasteiger partial charge in [0.2, 0.25) is 0 Å². The first-order valence-corrected chi connectivity index (χ1v) is 5.31. The van der Waals surface area contributed by atoms with Crippen molar-refractivity contribution in [3.63, 3.8) is 0 Å². The molecule has 78 valence electrons. The van der Waals surface area contributed by atoms with Crippen molar-refractivity contribution in [3.8, 4) is 0 Å². The van der Waals surface area contributed by atoms with Crippen LogP contribution in [0.3, 0.4) is 0 Å². The molecule has 13 heavy (non-hydrogen) atoms. The van der Waals surface area contributed by atoms with Crippen molar-refractivity contribution >= 4 is 0 Å². The lowest BCUT2D eigenvalue weighted by Gasteiger charge is -2.45. The van der Waals surface area contributed by atoms with Crippen LogP contribution in [0.1, 0.15) is 41.0 Å². The summed E-state index contributed by atoms with van der Waals surface area (Å²) in [4.78, 5) is 2.47. The van der Waals surface area contributed by atoms with Crippen LogP contribution in [0.4, 0.5) is 0 Å². The first-order valence-electron chi connectivity index (χ1n) is 5.31. The van der Waals surface area contributed by atoms with Gasteiger partial charge in [-0.3, -0.25) is 4.90 Å². The van der Waals surface area contributed by atoms with Crippen LogP contribution in [0, 0.1) is 5.92 Å². The van der Waals surface area contributed by atoms with Gasteiger partial charge >= 0.3 is 0 Å². The van der Waals surface area contributed by atoms with Crippen molar-refractivity contribution < 1.29 is 4.74 Å². The lowest BCUT2D eigenvalue weighted by molar-refractivity contribution is -0.151. The van der Waals surface area contributed by atoms with Gasteiger partial charge in [-0.2, -0.15) is 0 Å². The van der Waals surface area contributed by atoms with Crippen molar-refractivity contribution in [2.24, 2.45) is 5.92 Å². The molecule has 1 aliphatic heterocycles. The molecule has 0 aromatic carbocycles. The molecule has 1 fully saturated rings. The lowest BCUT2D eigenvalue weighted by Crippen LogP contribution is -2.54. The molecule has 0 N–H and O–H groups in total. The highest BCUT2D eigenvalue weighted by atomic mass is 16.5. The van der Waals surface area contributed by atoms with Gasteiger partial charge in [0.1, 0.15) is 6.23 Å². The molecule has 2 heteroatoms. The average Bonchev–Trinajstić information content (AvgIpc) is 2.03. The highest BCUT2D eigenvalue weighted by molar-refractivity contribution is 4.82. The maximum absolute atomic E-state index is 5.80. The van der Waals surface area contributed by atoms with Crippen molar-refractivity contribution in [2.45, 2.75) is 52.8 Å².